The lowest BCUT2D eigenvalue weighted by Gasteiger charge is -2.29. The van der Waals surface area contributed by atoms with Crippen LogP contribution in [0.1, 0.15) is 39.5 Å². The second-order valence-corrected chi connectivity index (χ2v) is 8.38. The zero-order valence-electron chi connectivity index (χ0n) is 13.6. The van der Waals surface area contributed by atoms with Gasteiger partial charge in [-0.3, -0.25) is 19.7 Å². The summed E-state index contributed by atoms with van der Waals surface area (Å²) in [7, 11) is 0. The average molecular weight is 343 g/mol. The van der Waals surface area contributed by atoms with Crippen LogP contribution in [0.5, 0.6) is 0 Å². The topological polar surface area (TPSA) is 98.7 Å². The Morgan fingerprint density at radius 1 is 1.30 bits per heavy atom. The highest BCUT2D eigenvalue weighted by molar-refractivity contribution is 8.01. The Bertz CT molecular complexity index is 464. The Morgan fingerprint density at radius 3 is 2.39 bits per heavy atom. The van der Waals surface area contributed by atoms with Gasteiger partial charge in [0.15, 0.2) is 0 Å². The molecule has 0 bridgehead atoms. The van der Waals surface area contributed by atoms with Crippen LogP contribution < -0.4 is 10.6 Å². The van der Waals surface area contributed by atoms with Crippen molar-refractivity contribution in [2.45, 2.75) is 61.7 Å². The van der Waals surface area contributed by atoms with Crippen LogP contribution in [0.2, 0.25) is 0 Å². The molecule has 2 aliphatic rings. The summed E-state index contributed by atoms with van der Waals surface area (Å²) in [6.07, 6.45) is 4.67. The van der Waals surface area contributed by atoms with Crippen molar-refractivity contribution >= 4 is 30.0 Å². The highest BCUT2D eigenvalue weighted by Gasteiger charge is 2.49. The van der Waals surface area contributed by atoms with E-state index < -0.39 is 28.2 Å². The van der Waals surface area contributed by atoms with Crippen LogP contribution in [-0.2, 0) is 14.4 Å². The Morgan fingerprint density at radius 2 is 1.91 bits per heavy atom. The maximum Gasteiger partial charge on any atom is 0.322 e. The molecule has 0 saturated carbocycles. The van der Waals surface area contributed by atoms with Gasteiger partial charge in [-0.05, 0) is 26.7 Å². The second kappa shape index (κ2) is 7.53. The number of carboxylic acids is 1. The largest absolute Gasteiger partial charge is 0.480 e. The zero-order valence-corrected chi connectivity index (χ0v) is 14.4. The van der Waals surface area contributed by atoms with Crippen LogP contribution in [-0.4, -0.2) is 63.6 Å². The Kier molecular flexibility index (Phi) is 5.91. The van der Waals surface area contributed by atoms with Crippen LogP contribution in [0, 0.1) is 0 Å². The van der Waals surface area contributed by atoms with E-state index in [1.54, 1.807) is 4.90 Å². The normalized spacial score (nSPS) is 28.7. The third-order valence-electron chi connectivity index (χ3n) is 4.44. The van der Waals surface area contributed by atoms with Gasteiger partial charge >= 0.3 is 5.97 Å². The third-order valence-corrected chi connectivity index (χ3v) is 5.94. The molecule has 0 unspecified atom stereocenters. The predicted octanol–water partition coefficient (Wildman–Crippen LogP) is 0.398. The molecule has 23 heavy (non-hydrogen) atoms. The maximum absolute atomic E-state index is 12.8. The summed E-state index contributed by atoms with van der Waals surface area (Å²) in [5, 5.41) is 14.5. The number of hydrogen-bond acceptors (Lipinski definition) is 5. The molecule has 3 atom stereocenters. The summed E-state index contributed by atoms with van der Waals surface area (Å²) in [6.45, 7) is 5.05. The molecule has 2 saturated heterocycles. The molecule has 2 aliphatic heterocycles. The smallest absolute Gasteiger partial charge is 0.322 e. The van der Waals surface area contributed by atoms with Gasteiger partial charge in [-0.15, -0.1) is 11.8 Å². The van der Waals surface area contributed by atoms with Crippen LogP contribution >= 0.6 is 11.8 Å². The molecule has 0 aliphatic carbocycles. The van der Waals surface area contributed by atoms with Crippen molar-refractivity contribution in [3.63, 3.8) is 0 Å². The summed E-state index contributed by atoms with van der Waals surface area (Å²) >= 11 is 1.39. The molecular formula is C15H25N3O4S. The fourth-order valence-corrected chi connectivity index (χ4v) is 4.67. The number of amides is 2. The Balaban J connectivity index is 2.13. The molecule has 2 amide bonds. The van der Waals surface area contributed by atoms with Crippen LogP contribution in [0.3, 0.4) is 0 Å². The van der Waals surface area contributed by atoms with Crippen LogP contribution in [0.15, 0.2) is 0 Å². The van der Waals surface area contributed by atoms with Crippen molar-refractivity contribution in [2.24, 2.45) is 0 Å². The number of aliphatic carboxylic acids is 1. The monoisotopic (exact) mass is 343 g/mol. The highest BCUT2D eigenvalue weighted by atomic mass is 32.2. The summed E-state index contributed by atoms with van der Waals surface area (Å²) < 4.78 is -0.557. The number of thioether (sulfide) groups is 1. The summed E-state index contributed by atoms with van der Waals surface area (Å²) in [6, 6.07) is -1.51. The van der Waals surface area contributed by atoms with Gasteiger partial charge in [0.25, 0.3) is 0 Å². The van der Waals surface area contributed by atoms with Gasteiger partial charge in [0.1, 0.15) is 12.1 Å². The van der Waals surface area contributed by atoms with E-state index >= 15 is 0 Å². The highest BCUT2D eigenvalue weighted by Crippen LogP contribution is 2.39. The summed E-state index contributed by atoms with van der Waals surface area (Å²) in [4.78, 5) is 37.0. The standard InChI is InChI=1S/C15H25N3O4S/c1-15(2)11(14(21)22)17-12(23-15)10(16-9-19)13(20)18-7-5-3-4-6-8-18/h9-12,17H,3-8H2,1-2H3,(H,16,19)(H,21,22)/t10-,11-,12+/m0/s1. The van der Waals surface area contributed by atoms with E-state index in [0.29, 0.717) is 19.5 Å². The van der Waals surface area contributed by atoms with Gasteiger partial charge in [0.2, 0.25) is 12.3 Å². The van der Waals surface area contributed by atoms with E-state index in [-0.39, 0.29) is 5.91 Å². The van der Waals surface area contributed by atoms with Gasteiger partial charge < -0.3 is 15.3 Å². The van der Waals surface area contributed by atoms with E-state index in [1.165, 1.54) is 11.8 Å². The van der Waals surface area contributed by atoms with Gasteiger partial charge in [-0.1, -0.05) is 12.8 Å². The van der Waals surface area contributed by atoms with Crippen molar-refractivity contribution < 1.29 is 19.5 Å². The number of carbonyl (C=O) groups excluding carboxylic acids is 2. The minimum Gasteiger partial charge on any atom is -0.480 e. The molecule has 0 spiro atoms. The SMILES string of the molecule is CC1(C)S[C@H]([C@H](NC=O)C(=O)N2CCCCCC2)N[C@H]1C(=O)O. The molecule has 130 valence electrons. The minimum atomic E-state index is -0.947. The van der Waals surface area contributed by atoms with E-state index in [1.807, 2.05) is 13.8 Å². The van der Waals surface area contributed by atoms with Crippen molar-refractivity contribution in [1.29, 1.82) is 0 Å². The van der Waals surface area contributed by atoms with Crippen molar-refractivity contribution in [2.75, 3.05) is 13.1 Å². The fraction of sp³-hybridized carbons (Fsp3) is 0.800. The van der Waals surface area contributed by atoms with Gasteiger partial charge in [0, 0.05) is 17.8 Å². The van der Waals surface area contributed by atoms with Gasteiger partial charge in [-0.25, -0.2) is 0 Å². The molecular weight excluding hydrogens is 318 g/mol. The first-order valence-corrected chi connectivity index (χ1v) is 8.90. The maximum atomic E-state index is 12.8. The number of carboxylic acid groups (broad SMARTS) is 1. The lowest BCUT2D eigenvalue weighted by molar-refractivity contribution is -0.140. The number of nitrogens with zero attached hydrogens (tertiary/aromatic N) is 1. The average Bonchev–Trinajstić information content (AvgIpc) is 2.68. The van der Waals surface area contributed by atoms with E-state index in [4.69, 9.17) is 0 Å². The Hall–Kier alpha value is -1.28. The number of carbonyl (C=O) groups is 3. The third kappa shape index (κ3) is 4.17. The first-order chi connectivity index (χ1) is 10.9. The van der Waals surface area contributed by atoms with Crippen molar-refractivity contribution in [3.05, 3.63) is 0 Å². The molecule has 2 rings (SSSR count). The first kappa shape index (κ1) is 18.1. The quantitative estimate of drug-likeness (QED) is 0.625. The Labute approximate surface area is 140 Å². The zero-order chi connectivity index (χ0) is 17.0. The second-order valence-electron chi connectivity index (χ2n) is 6.58. The molecule has 8 heteroatoms. The van der Waals surface area contributed by atoms with E-state index in [9.17, 15) is 19.5 Å². The number of nitrogens with one attached hydrogen (secondary N) is 2. The van der Waals surface area contributed by atoms with Crippen LogP contribution in [0.4, 0.5) is 0 Å². The number of rotatable bonds is 5. The number of hydrogen-bond donors (Lipinski definition) is 3. The van der Waals surface area contributed by atoms with Gasteiger partial charge in [0.05, 0.1) is 5.37 Å². The molecule has 0 aromatic carbocycles. The van der Waals surface area contributed by atoms with Gasteiger partial charge in [-0.2, -0.15) is 0 Å². The summed E-state index contributed by atoms with van der Waals surface area (Å²) in [5.74, 6) is -1.08. The van der Waals surface area contributed by atoms with E-state index in [2.05, 4.69) is 10.6 Å². The molecule has 0 radical (unpaired) electrons. The number of likely N-dealkylation sites (tertiary alicyclic amines) is 1. The molecule has 2 heterocycles. The minimum absolute atomic E-state index is 0.133. The van der Waals surface area contributed by atoms with Crippen molar-refractivity contribution in [3.8, 4) is 0 Å². The predicted molar refractivity (Wildman–Crippen MR) is 88.1 cm³/mol. The molecule has 2 fully saturated rings. The summed E-state index contributed by atoms with van der Waals surface area (Å²) in [5.41, 5.74) is 0. The lowest BCUT2D eigenvalue weighted by atomic mass is 10.0. The molecule has 7 nitrogen and oxygen atoms in total. The fourth-order valence-electron chi connectivity index (χ4n) is 3.18. The molecule has 3 N–H and O–H groups in total. The molecule has 0 aromatic rings. The molecule has 0 aromatic heterocycles. The van der Waals surface area contributed by atoms with E-state index in [0.717, 1.165) is 25.7 Å². The lowest BCUT2D eigenvalue weighted by Crippen LogP contribution is -2.56. The van der Waals surface area contributed by atoms with Crippen LogP contribution in [0.25, 0.3) is 0 Å². The van der Waals surface area contributed by atoms with Crippen molar-refractivity contribution in [1.82, 2.24) is 15.5 Å². The first-order valence-electron chi connectivity index (χ1n) is 8.02.